The number of rotatable bonds is 5. The summed E-state index contributed by atoms with van der Waals surface area (Å²) in [6.45, 7) is 17.4. The third kappa shape index (κ3) is 6.10. The topological polar surface area (TPSA) is 95.2 Å². The minimum atomic E-state index is -0.735. The molecule has 6 atom stereocenters. The third-order valence-corrected chi connectivity index (χ3v) is 11.6. The van der Waals surface area contributed by atoms with Crippen molar-refractivity contribution in [3.05, 3.63) is 23.3 Å². The van der Waals surface area contributed by atoms with Gasteiger partial charge in [0, 0.05) is 17.8 Å². The highest BCUT2D eigenvalue weighted by atomic mass is 16.4. The first-order chi connectivity index (χ1) is 17.9. The lowest BCUT2D eigenvalue weighted by Crippen LogP contribution is -2.53. The van der Waals surface area contributed by atoms with Gasteiger partial charge in [-0.1, -0.05) is 66.5 Å². The number of carboxylic acids is 1. The summed E-state index contributed by atoms with van der Waals surface area (Å²) >= 11 is 0. The van der Waals surface area contributed by atoms with E-state index in [1.165, 1.54) is 0 Å². The van der Waals surface area contributed by atoms with Gasteiger partial charge >= 0.3 is 5.97 Å². The molecule has 2 fully saturated rings. The monoisotopic (exact) mass is 537 g/mol. The molecule has 1 N–H and O–H groups in total. The summed E-state index contributed by atoms with van der Waals surface area (Å²) in [5.74, 6) is -1.01. The lowest BCUT2D eigenvalue weighted by Gasteiger charge is -2.60. The van der Waals surface area contributed by atoms with Crippen molar-refractivity contribution in [2.45, 2.75) is 126 Å². The maximum atomic E-state index is 13.0. The van der Waals surface area contributed by atoms with Gasteiger partial charge in [0.05, 0.1) is 5.57 Å². The zero-order valence-corrected chi connectivity index (χ0v) is 25.7. The molecule has 0 aliphatic heterocycles. The Morgan fingerprint density at radius 1 is 1.03 bits per heavy atom. The molecule has 0 amide bonds. The van der Waals surface area contributed by atoms with E-state index >= 15 is 0 Å². The summed E-state index contributed by atoms with van der Waals surface area (Å²) in [4.78, 5) is 37.3. The summed E-state index contributed by atoms with van der Waals surface area (Å²) in [7, 11) is 0. The molecule has 2 saturated carbocycles. The van der Waals surface area contributed by atoms with Crippen LogP contribution in [0.4, 0.5) is 0 Å². The van der Waals surface area contributed by atoms with E-state index in [4.69, 9.17) is 0 Å². The summed E-state index contributed by atoms with van der Waals surface area (Å²) in [5, 5.41) is 19.3. The van der Waals surface area contributed by atoms with E-state index in [1.807, 2.05) is 19.1 Å². The lowest BCUT2D eigenvalue weighted by molar-refractivity contribution is -0.137. The Kier molecular flexibility index (Phi) is 8.82. The Labute approximate surface area is 236 Å². The number of hydrogen-bond donors (Lipinski definition) is 1. The number of carboxylic acid groups (broad SMARTS) is 1. The zero-order chi connectivity index (χ0) is 29.4. The molecule has 0 unspecified atom stereocenters. The fourth-order valence-electron chi connectivity index (χ4n) is 8.42. The van der Waals surface area contributed by atoms with Crippen LogP contribution in [0.5, 0.6) is 0 Å². The first-order valence-electron chi connectivity index (χ1n) is 15.0. The molecule has 0 spiro atoms. The summed E-state index contributed by atoms with van der Waals surface area (Å²) < 4.78 is 0. The van der Waals surface area contributed by atoms with Crippen molar-refractivity contribution < 1.29 is 19.5 Å². The number of nitriles is 1. The molecule has 3 aliphatic rings. The van der Waals surface area contributed by atoms with Gasteiger partial charge in [-0.2, -0.15) is 5.26 Å². The zero-order valence-electron chi connectivity index (χ0n) is 25.7. The van der Waals surface area contributed by atoms with Crippen molar-refractivity contribution in [3.8, 4) is 6.07 Å². The number of allylic oxidation sites excluding steroid dienone is 4. The number of carbonyl (C=O) groups excluding carboxylic acids is 2. The smallest absolute Gasteiger partial charge is 0.303 e. The van der Waals surface area contributed by atoms with Gasteiger partial charge < -0.3 is 5.11 Å². The SMILES string of the molecule is CC(=O)/C=C1/[C@@]2(C)C=C(C#N)C(=O)[C@@H](C)[C@@H]2CC[C@@]1(C)[C@@]1(C)CCCC(C)(C)CC[C@](C)(CCC(=O)O)CC1. The van der Waals surface area contributed by atoms with Crippen LogP contribution in [0.3, 0.4) is 0 Å². The van der Waals surface area contributed by atoms with Gasteiger partial charge in [-0.3, -0.25) is 14.4 Å². The fourth-order valence-corrected chi connectivity index (χ4v) is 8.42. The van der Waals surface area contributed by atoms with Crippen LogP contribution in [0.15, 0.2) is 23.3 Å². The molecule has 0 aromatic heterocycles. The Balaban J connectivity index is 2.14. The van der Waals surface area contributed by atoms with Gasteiger partial charge in [-0.05, 0) is 98.4 Å². The molecule has 0 heterocycles. The summed E-state index contributed by atoms with van der Waals surface area (Å²) in [5.41, 5.74) is 0.478. The Hall–Kier alpha value is -2.22. The molecule has 216 valence electrons. The van der Waals surface area contributed by atoms with Crippen LogP contribution in [0.1, 0.15) is 126 Å². The van der Waals surface area contributed by atoms with Gasteiger partial charge in [0.1, 0.15) is 6.07 Å². The van der Waals surface area contributed by atoms with Crippen molar-refractivity contribution >= 4 is 17.5 Å². The van der Waals surface area contributed by atoms with Gasteiger partial charge in [-0.15, -0.1) is 0 Å². The third-order valence-electron chi connectivity index (χ3n) is 11.6. The molecule has 39 heavy (non-hydrogen) atoms. The summed E-state index contributed by atoms with van der Waals surface area (Å²) in [6, 6.07) is 2.16. The van der Waals surface area contributed by atoms with Gasteiger partial charge in [0.2, 0.25) is 0 Å². The van der Waals surface area contributed by atoms with Crippen molar-refractivity contribution in [2.24, 2.45) is 38.9 Å². The van der Waals surface area contributed by atoms with E-state index in [0.717, 1.165) is 63.4 Å². The fraction of sp³-hybridized carbons (Fsp3) is 0.765. The number of carbonyl (C=O) groups is 3. The van der Waals surface area contributed by atoms with Crippen LogP contribution in [0.2, 0.25) is 0 Å². The van der Waals surface area contributed by atoms with E-state index in [0.29, 0.717) is 6.42 Å². The highest BCUT2D eigenvalue weighted by molar-refractivity contribution is 6.02. The number of Topliss-reactive ketones (excluding diaryl/α,β-unsaturated/α-hetero) is 1. The standard InChI is InChI=1S/C34H51NO4/c1-23(36)20-27-33(7)21-25(22-35)29(39)24(2)26(33)10-15-34(27,8)32(6)13-9-12-30(3,4)16-17-31(5,18-19-32)14-11-28(37)38/h20-21,24,26H,9-19H2,1-8H3,(H,37,38)/b27-20-/t24-,26-,31-,32-,33-,34+/m0/s1. The van der Waals surface area contributed by atoms with Gasteiger partial charge in [0.15, 0.2) is 11.6 Å². The molecule has 0 aromatic rings. The molecule has 3 aliphatic carbocycles. The Bertz CT molecular complexity index is 1110. The second kappa shape index (κ2) is 11.0. The van der Waals surface area contributed by atoms with Crippen LogP contribution in [-0.4, -0.2) is 22.6 Å². The number of ketones is 2. The van der Waals surface area contributed by atoms with E-state index in [-0.39, 0.29) is 57.1 Å². The first kappa shape index (κ1) is 31.3. The van der Waals surface area contributed by atoms with Crippen molar-refractivity contribution in [2.75, 3.05) is 0 Å². The highest BCUT2D eigenvalue weighted by Gasteiger charge is 2.59. The lowest BCUT2D eigenvalue weighted by atomic mass is 9.43. The van der Waals surface area contributed by atoms with Gasteiger partial charge in [-0.25, -0.2) is 0 Å². The largest absolute Gasteiger partial charge is 0.481 e. The minimum Gasteiger partial charge on any atom is -0.481 e. The van der Waals surface area contributed by atoms with Crippen LogP contribution in [-0.2, 0) is 14.4 Å². The molecular weight excluding hydrogens is 486 g/mol. The molecule has 5 heteroatoms. The molecule has 0 saturated heterocycles. The van der Waals surface area contributed by atoms with E-state index in [1.54, 1.807) is 6.92 Å². The number of fused-ring (bicyclic) bond motifs is 1. The average molecular weight is 538 g/mol. The van der Waals surface area contributed by atoms with Crippen LogP contribution in [0.25, 0.3) is 0 Å². The summed E-state index contributed by atoms with van der Waals surface area (Å²) in [6.07, 6.45) is 13.6. The normalized spacial score (nSPS) is 40.2. The van der Waals surface area contributed by atoms with Crippen LogP contribution < -0.4 is 0 Å². The molecule has 5 nitrogen and oxygen atoms in total. The van der Waals surface area contributed by atoms with Gasteiger partial charge in [0.25, 0.3) is 0 Å². The van der Waals surface area contributed by atoms with E-state index < -0.39 is 11.4 Å². The molecule has 0 aromatic carbocycles. The van der Waals surface area contributed by atoms with Crippen LogP contribution >= 0.6 is 0 Å². The Morgan fingerprint density at radius 3 is 2.26 bits per heavy atom. The Morgan fingerprint density at radius 2 is 1.67 bits per heavy atom. The number of aliphatic carboxylic acids is 1. The highest BCUT2D eigenvalue weighted by Crippen LogP contribution is 2.66. The van der Waals surface area contributed by atoms with Crippen molar-refractivity contribution in [1.29, 1.82) is 5.26 Å². The predicted molar refractivity (Wildman–Crippen MR) is 155 cm³/mol. The maximum absolute atomic E-state index is 13.0. The van der Waals surface area contributed by atoms with Crippen molar-refractivity contribution in [3.63, 3.8) is 0 Å². The first-order valence-corrected chi connectivity index (χ1v) is 15.0. The predicted octanol–water partition coefficient (Wildman–Crippen LogP) is 8.24. The second-order valence-corrected chi connectivity index (χ2v) is 15.0. The molecule has 3 rings (SSSR count). The second-order valence-electron chi connectivity index (χ2n) is 15.0. The molecular formula is C34H51NO4. The maximum Gasteiger partial charge on any atom is 0.303 e. The molecule has 0 radical (unpaired) electrons. The van der Waals surface area contributed by atoms with E-state index in [9.17, 15) is 24.8 Å². The number of hydrogen-bond acceptors (Lipinski definition) is 4. The molecule has 0 bridgehead atoms. The quantitative estimate of drug-likeness (QED) is 0.356. The van der Waals surface area contributed by atoms with E-state index in [2.05, 4.69) is 47.6 Å². The number of nitrogens with zero attached hydrogens (tertiary/aromatic N) is 1. The average Bonchev–Trinajstić information content (AvgIpc) is 2.84. The minimum absolute atomic E-state index is 0.00505. The van der Waals surface area contributed by atoms with Crippen LogP contribution in [0, 0.1) is 50.2 Å². The van der Waals surface area contributed by atoms with Crippen molar-refractivity contribution in [1.82, 2.24) is 0 Å².